The van der Waals surface area contributed by atoms with Gasteiger partial charge in [0.1, 0.15) is 12.4 Å². The normalized spacial score (nSPS) is 10.8. The molecule has 0 saturated carbocycles. The summed E-state index contributed by atoms with van der Waals surface area (Å²) in [6.45, 7) is 1.66. The maximum absolute atomic E-state index is 12.0. The van der Waals surface area contributed by atoms with Gasteiger partial charge in [0.2, 0.25) is 5.91 Å². The number of carbonyl (C=O) groups is 2. The van der Waals surface area contributed by atoms with E-state index in [1.165, 1.54) is 13.0 Å². The average Bonchev–Trinajstić information content (AvgIpc) is 2.70. The number of rotatable bonds is 6. The molecule has 0 heterocycles. The van der Waals surface area contributed by atoms with Crippen LogP contribution in [0.25, 0.3) is 16.8 Å². The average molecular weight is 375 g/mol. The molecule has 3 aromatic rings. The van der Waals surface area contributed by atoms with Gasteiger partial charge in [-0.05, 0) is 58.3 Å². The molecule has 0 spiro atoms. The summed E-state index contributed by atoms with van der Waals surface area (Å²) in [5, 5.41) is 4.82. The Morgan fingerprint density at radius 2 is 1.68 bits per heavy atom. The van der Waals surface area contributed by atoms with Gasteiger partial charge < -0.3 is 14.8 Å². The Morgan fingerprint density at radius 1 is 0.964 bits per heavy atom. The van der Waals surface area contributed by atoms with E-state index in [0.29, 0.717) is 5.69 Å². The Morgan fingerprint density at radius 3 is 2.39 bits per heavy atom. The Labute approximate surface area is 163 Å². The largest absolute Gasteiger partial charge is 0.497 e. The van der Waals surface area contributed by atoms with Crippen molar-refractivity contribution in [2.75, 3.05) is 12.4 Å². The summed E-state index contributed by atoms with van der Waals surface area (Å²) in [5.74, 6) is 0.266. The van der Waals surface area contributed by atoms with E-state index < -0.39 is 5.97 Å². The van der Waals surface area contributed by atoms with E-state index in [2.05, 4.69) is 5.32 Å². The first-order valence-corrected chi connectivity index (χ1v) is 8.83. The molecular formula is C23H21NO4. The molecule has 3 aromatic carbocycles. The van der Waals surface area contributed by atoms with Crippen molar-refractivity contribution in [1.29, 1.82) is 0 Å². The van der Waals surface area contributed by atoms with Crippen LogP contribution in [-0.4, -0.2) is 19.0 Å². The van der Waals surface area contributed by atoms with Crippen LogP contribution in [0.1, 0.15) is 18.1 Å². The van der Waals surface area contributed by atoms with E-state index in [1.54, 1.807) is 25.3 Å². The second kappa shape index (κ2) is 8.86. The molecule has 0 aliphatic heterocycles. The highest BCUT2D eigenvalue weighted by molar-refractivity contribution is 5.89. The Hall–Kier alpha value is -3.60. The molecule has 1 amide bonds. The number of esters is 1. The number of methoxy groups -OCH3 is 1. The monoisotopic (exact) mass is 375 g/mol. The van der Waals surface area contributed by atoms with Gasteiger partial charge in [-0.3, -0.25) is 4.79 Å². The maximum atomic E-state index is 12.0. The molecule has 0 aliphatic carbocycles. The molecule has 0 fully saturated rings. The van der Waals surface area contributed by atoms with Crippen LogP contribution in [0.2, 0.25) is 0 Å². The van der Waals surface area contributed by atoms with Gasteiger partial charge in [0.05, 0.1) is 7.11 Å². The van der Waals surface area contributed by atoms with Gasteiger partial charge >= 0.3 is 5.97 Å². The first-order chi connectivity index (χ1) is 13.5. The van der Waals surface area contributed by atoms with Crippen molar-refractivity contribution in [3.8, 4) is 5.75 Å². The zero-order chi connectivity index (χ0) is 19.9. The van der Waals surface area contributed by atoms with Gasteiger partial charge in [-0.2, -0.15) is 0 Å². The molecular weight excluding hydrogens is 354 g/mol. The lowest BCUT2D eigenvalue weighted by Crippen LogP contribution is -2.05. The van der Waals surface area contributed by atoms with Crippen molar-refractivity contribution >= 4 is 34.4 Å². The van der Waals surface area contributed by atoms with Gasteiger partial charge in [-0.1, -0.05) is 30.3 Å². The fourth-order valence-corrected chi connectivity index (χ4v) is 2.74. The number of amides is 1. The van der Waals surface area contributed by atoms with E-state index in [-0.39, 0.29) is 12.5 Å². The summed E-state index contributed by atoms with van der Waals surface area (Å²) in [7, 11) is 1.64. The van der Waals surface area contributed by atoms with E-state index in [4.69, 9.17) is 9.47 Å². The van der Waals surface area contributed by atoms with Gasteiger partial charge in [-0.25, -0.2) is 4.79 Å². The summed E-state index contributed by atoms with van der Waals surface area (Å²) < 4.78 is 10.5. The van der Waals surface area contributed by atoms with Gasteiger partial charge in [-0.15, -0.1) is 0 Å². The first-order valence-electron chi connectivity index (χ1n) is 8.83. The van der Waals surface area contributed by atoms with Crippen LogP contribution >= 0.6 is 0 Å². The number of anilines is 1. The summed E-state index contributed by atoms with van der Waals surface area (Å²) in [6.07, 6.45) is 3.06. The van der Waals surface area contributed by atoms with E-state index in [0.717, 1.165) is 27.6 Å². The molecule has 1 N–H and O–H groups in total. The molecule has 0 bridgehead atoms. The van der Waals surface area contributed by atoms with Gasteiger partial charge in [0.25, 0.3) is 0 Å². The van der Waals surface area contributed by atoms with Crippen LogP contribution in [0.4, 0.5) is 5.69 Å². The van der Waals surface area contributed by atoms with Crippen LogP contribution in [-0.2, 0) is 20.9 Å². The number of benzene rings is 3. The molecule has 0 radical (unpaired) electrons. The quantitative estimate of drug-likeness (QED) is 0.507. The molecule has 0 atom stereocenters. The SMILES string of the molecule is COc1ccc2cc(COC(=O)C=Cc3ccc(NC(C)=O)cc3)ccc2c1. The van der Waals surface area contributed by atoms with Crippen molar-refractivity contribution in [1.82, 2.24) is 0 Å². The Kier molecular flexibility index (Phi) is 6.07. The third kappa shape index (κ3) is 5.20. The van der Waals surface area contributed by atoms with Gasteiger partial charge in [0.15, 0.2) is 0 Å². The maximum Gasteiger partial charge on any atom is 0.331 e. The smallest absolute Gasteiger partial charge is 0.331 e. The molecule has 0 aliphatic rings. The Bertz CT molecular complexity index is 1020. The van der Waals surface area contributed by atoms with Crippen molar-refractivity contribution in [2.45, 2.75) is 13.5 Å². The number of ether oxygens (including phenoxy) is 2. The van der Waals surface area contributed by atoms with Crippen molar-refractivity contribution in [3.05, 3.63) is 77.9 Å². The summed E-state index contributed by atoms with van der Waals surface area (Å²) in [4.78, 5) is 23.0. The van der Waals surface area contributed by atoms with Crippen molar-refractivity contribution in [2.24, 2.45) is 0 Å². The molecule has 0 saturated heterocycles. The standard InChI is InChI=1S/C23H21NO4/c1-16(25)24-21-9-4-17(5-10-21)6-12-23(26)28-15-18-3-7-20-14-22(27-2)11-8-19(20)13-18/h3-14H,15H2,1-2H3,(H,24,25). The number of carbonyl (C=O) groups excluding carboxylic acids is 2. The summed E-state index contributed by atoms with van der Waals surface area (Å²) >= 11 is 0. The van der Waals surface area contributed by atoms with Gasteiger partial charge in [0, 0.05) is 18.7 Å². The Balaban J connectivity index is 1.57. The third-order valence-electron chi connectivity index (χ3n) is 4.14. The predicted molar refractivity (Wildman–Crippen MR) is 110 cm³/mol. The third-order valence-corrected chi connectivity index (χ3v) is 4.14. The minimum atomic E-state index is -0.416. The van der Waals surface area contributed by atoms with E-state index in [9.17, 15) is 9.59 Å². The van der Waals surface area contributed by atoms with E-state index in [1.807, 2.05) is 48.5 Å². The van der Waals surface area contributed by atoms with Crippen LogP contribution in [0, 0.1) is 0 Å². The molecule has 0 aromatic heterocycles. The number of nitrogens with one attached hydrogen (secondary N) is 1. The molecule has 5 heteroatoms. The fraction of sp³-hybridized carbons (Fsp3) is 0.130. The topological polar surface area (TPSA) is 64.6 Å². The molecule has 28 heavy (non-hydrogen) atoms. The molecule has 0 unspecified atom stereocenters. The lowest BCUT2D eigenvalue weighted by atomic mass is 10.1. The molecule has 5 nitrogen and oxygen atoms in total. The second-order valence-corrected chi connectivity index (χ2v) is 6.29. The van der Waals surface area contributed by atoms with Crippen molar-refractivity contribution in [3.63, 3.8) is 0 Å². The molecule has 3 rings (SSSR count). The predicted octanol–water partition coefficient (Wildman–Crippen LogP) is 4.56. The second-order valence-electron chi connectivity index (χ2n) is 6.29. The van der Waals surface area contributed by atoms with Crippen molar-refractivity contribution < 1.29 is 19.1 Å². The zero-order valence-electron chi connectivity index (χ0n) is 15.8. The number of hydrogen-bond acceptors (Lipinski definition) is 4. The van der Waals surface area contributed by atoms with Crippen LogP contribution < -0.4 is 10.1 Å². The highest BCUT2D eigenvalue weighted by atomic mass is 16.5. The highest BCUT2D eigenvalue weighted by Crippen LogP contribution is 2.22. The fourth-order valence-electron chi connectivity index (χ4n) is 2.74. The lowest BCUT2D eigenvalue weighted by Gasteiger charge is -2.06. The van der Waals surface area contributed by atoms with E-state index >= 15 is 0 Å². The summed E-state index contributed by atoms with van der Waals surface area (Å²) in [6, 6.07) is 18.9. The minimum Gasteiger partial charge on any atom is -0.497 e. The molecule has 142 valence electrons. The van der Waals surface area contributed by atoms with Crippen LogP contribution in [0.3, 0.4) is 0 Å². The van der Waals surface area contributed by atoms with Crippen LogP contribution in [0.15, 0.2) is 66.7 Å². The minimum absolute atomic E-state index is 0.125. The lowest BCUT2D eigenvalue weighted by molar-refractivity contribution is -0.138. The van der Waals surface area contributed by atoms with Crippen LogP contribution in [0.5, 0.6) is 5.75 Å². The zero-order valence-corrected chi connectivity index (χ0v) is 15.8. The first kappa shape index (κ1) is 19.2. The number of hydrogen-bond donors (Lipinski definition) is 1. The summed E-state index contributed by atoms with van der Waals surface area (Å²) in [5.41, 5.74) is 2.46. The highest BCUT2D eigenvalue weighted by Gasteiger charge is 2.02. The number of fused-ring (bicyclic) bond motifs is 1.